The second-order valence-electron chi connectivity index (χ2n) is 3.61. The number of aromatic carboxylic acids is 1. The minimum atomic E-state index is -1.11. The zero-order valence-electron chi connectivity index (χ0n) is 9.12. The van der Waals surface area contributed by atoms with Crippen LogP contribution in [0.2, 0.25) is 15.1 Å². The number of halogens is 3. The summed E-state index contributed by atoms with van der Waals surface area (Å²) in [7, 11) is 0. The number of nitrogens with zero attached hydrogens (tertiary/aromatic N) is 2. The molecular formula is C11H7Cl3N2O2. The van der Waals surface area contributed by atoms with Crippen LogP contribution in [0, 0.1) is 6.92 Å². The third-order valence-electron chi connectivity index (χ3n) is 2.30. The first-order valence-corrected chi connectivity index (χ1v) is 5.98. The Balaban J connectivity index is 2.66. The van der Waals surface area contributed by atoms with Crippen molar-refractivity contribution >= 4 is 40.8 Å². The minimum absolute atomic E-state index is 0.0745. The predicted octanol–water partition coefficient (Wildman–Crippen LogP) is 3.84. The number of carboxylic acid groups (broad SMARTS) is 1. The maximum absolute atomic E-state index is 10.9. The fourth-order valence-electron chi connectivity index (χ4n) is 1.54. The van der Waals surface area contributed by atoms with Crippen molar-refractivity contribution in [2.75, 3.05) is 0 Å². The Labute approximate surface area is 118 Å². The Morgan fingerprint density at radius 3 is 2.22 bits per heavy atom. The number of benzene rings is 1. The van der Waals surface area contributed by atoms with Gasteiger partial charge in [0, 0.05) is 10.7 Å². The summed E-state index contributed by atoms with van der Waals surface area (Å²) < 4.78 is 1.38. The van der Waals surface area contributed by atoms with E-state index in [-0.39, 0.29) is 5.69 Å². The lowest BCUT2D eigenvalue weighted by Gasteiger charge is -2.09. The van der Waals surface area contributed by atoms with E-state index in [0.29, 0.717) is 26.4 Å². The van der Waals surface area contributed by atoms with E-state index in [4.69, 9.17) is 39.9 Å². The van der Waals surface area contributed by atoms with Crippen molar-refractivity contribution in [1.29, 1.82) is 0 Å². The van der Waals surface area contributed by atoms with E-state index in [1.807, 2.05) is 0 Å². The normalized spacial score (nSPS) is 10.7. The maximum atomic E-state index is 10.9. The first-order chi connectivity index (χ1) is 8.40. The quantitative estimate of drug-likeness (QED) is 0.917. The zero-order valence-corrected chi connectivity index (χ0v) is 11.4. The molecule has 1 aromatic heterocycles. The average Bonchev–Trinajstić information content (AvgIpc) is 2.59. The molecule has 0 amide bonds. The molecule has 94 valence electrons. The number of aromatic nitrogens is 2. The number of aryl methyl sites for hydroxylation is 1. The van der Waals surface area contributed by atoms with E-state index in [1.165, 1.54) is 22.9 Å². The number of carboxylic acids is 1. The summed E-state index contributed by atoms with van der Waals surface area (Å²) in [5.74, 6) is -1.11. The number of carbonyl (C=O) groups is 1. The summed E-state index contributed by atoms with van der Waals surface area (Å²) in [6, 6.07) is 4.47. The average molecular weight is 306 g/mol. The summed E-state index contributed by atoms with van der Waals surface area (Å²) in [4.78, 5) is 10.9. The zero-order chi connectivity index (χ0) is 13.4. The van der Waals surface area contributed by atoms with E-state index in [0.717, 1.165) is 0 Å². The smallest absolute Gasteiger partial charge is 0.356 e. The van der Waals surface area contributed by atoms with Crippen LogP contribution in [0.4, 0.5) is 0 Å². The van der Waals surface area contributed by atoms with Crippen LogP contribution < -0.4 is 0 Å². The first kappa shape index (κ1) is 13.2. The molecular weight excluding hydrogens is 298 g/mol. The molecule has 0 saturated carbocycles. The van der Waals surface area contributed by atoms with Crippen LogP contribution >= 0.6 is 34.8 Å². The molecule has 0 aliphatic rings. The molecule has 0 aliphatic carbocycles. The lowest BCUT2D eigenvalue weighted by Crippen LogP contribution is -2.03. The van der Waals surface area contributed by atoms with Gasteiger partial charge in [0.1, 0.15) is 5.69 Å². The SMILES string of the molecule is Cc1cc(C(=O)O)nn1-c1c(Cl)cc(Cl)cc1Cl. The Morgan fingerprint density at radius 1 is 1.22 bits per heavy atom. The van der Waals surface area contributed by atoms with Crippen LogP contribution in [0.15, 0.2) is 18.2 Å². The van der Waals surface area contributed by atoms with Crippen LogP contribution in [-0.2, 0) is 0 Å². The van der Waals surface area contributed by atoms with Gasteiger partial charge in [0.15, 0.2) is 5.69 Å². The second kappa shape index (κ2) is 4.80. The number of hydrogen-bond donors (Lipinski definition) is 1. The highest BCUT2D eigenvalue weighted by Crippen LogP contribution is 2.32. The Bertz CT molecular complexity index is 614. The third kappa shape index (κ3) is 2.32. The lowest BCUT2D eigenvalue weighted by atomic mass is 10.3. The van der Waals surface area contributed by atoms with Gasteiger partial charge in [0.2, 0.25) is 0 Å². The van der Waals surface area contributed by atoms with Gasteiger partial charge >= 0.3 is 5.97 Å². The lowest BCUT2D eigenvalue weighted by molar-refractivity contribution is 0.0690. The highest BCUT2D eigenvalue weighted by Gasteiger charge is 2.16. The highest BCUT2D eigenvalue weighted by molar-refractivity contribution is 6.40. The molecule has 2 rings (SSSR count). The Morgan fingerprint density at radius 2 is 1.78 bits per heavy atom. The van der Waals surface area contributed by atoms with Gasteiger partial charge < -0.3 is 5.11 Å². The monoisotopic (exact) mass is 304 g/mol. The molecule has 0 radical (unpaired) electrons. The summed E-state index contributed by atoms with van der Waals surface area (Å²) in [5.41, 5.74) is 0.945. The van der Waals surface area contributed by atoms with E-state index >= 15 is 0 Å². The van der Waals surface area contributed by atoms with Crippen molar-refractivity contribution in [2.45, 2.75) is 6.92 Å². The van der Waals surface area contributed by atoms with Crippen molar-refractivity contribution < 1.29 is 9.90 Å². The molecule has 0 unspecified atom stereocenters. The summed E-state index contributed by atoms with van der Waals surface area (Å²) in [6.07, 6.45) is 0. The molecule has 0 bridgehead atoms. The largest absolute Gasteiger partial charge is 0.476 e. The Kier molecular flexibility index (Phi) is 3.52. The summed E-state index contributed by atoms with van der Waals surface area (Å²) in [6.45, 7) is 1.71. The summed E-state index contributed by atoms with van der Waals surface area (Å²) in [5, 5.41) is 13.8. The van der Waals surface area contributed by atoms with Crippen LogP contribution in [0.3, 0.4) is 0 Å². The van der Waals surface area contributed by atoms with Gasteiger partial charge in [-0.05, 0) is 25.1 Å². The van der Waals surface area contributed by atoms with Gasteiger partial charge in [-0.25, -0.2) is 9.48 Å². The first-order valence-electron chi connectivity index (χ1n) is 4.85. The van der Waals surface area contributed by atoms with Gasteiger partial charge in [-0.2, -0.15) is 5.10 Å². The highest BCUT2D eigenvalue weighted by atomic mass is 35.5. The topological polar surface area (TPSA) is 55.1 Å². The van der Waals surface area contributed by atoms with Crippen molar-refractivity contribution in [2.24, 2.45) is 0 Å². The van der Waals surface area contributed by atoms with Crippen molar-refractivity contribution in [3.05, 3.63) is 44.7 Å². The van der Waals surface area contributed by atoms with Gasteiger partial charge in [-0.1, -0.05) is 34.8 Å². The fraction of sp³-hybridized carbons (Fsp3) is 0.0909. The molecule has 1 N–H and O–H groups in total. The van der Waals surface area contributed by atoms with Crippen molar-refractivity contribution in [3.8, 4) is 5.69 Å². The molecule has 0 fully saturated rings. The van der Waals surface area contributed by atoms with Crippen LogP contribution in [0.25, 0.3) is 5.69 Å². The predicted molar refractivity (Wildman–Crippen MR) is 70.3 cm³/mol. The van der Waals surface area contributed by atoms with Crippen LogP contribution in [0.1, 0.15) is 16.2 Å². The molecule has 1 heterocycles. The molecule has 0 saturated heterocycles. The fourth-order valence-corrected chi connectivity index (χ4v) is 2.52. The minimum Gasteiger partial charge on any atom is -0.476 e. The standard InChI is InChI=1S/C11H7Cl3N2O2/c1-5-2-9(11(17)18)15-16(5)10-7(13)3-6(12)4-8(10)14/h2-4H,1H3,(H,17,18). The molecule has 0 spiro atoms. The molecule has 7 heteroatoms. The van der Waals surface area contributed by atoms with Crippen LogP contribution in [-0.4, -0.2) is 20.9 Å². The van der Waals surface area contributed by atoms with E-state index in [9.17, 15) is 4.79 Å². The van der Waals surface area contributed by atoms with Gasteiger partial charge in [0.25, 0.3) is 0 Å². The number of hydrogen-bond acceptors (Lipinski definition) is 2. The molecule has 4 nitrogen and oxygen atoms in total. The van der Waals surface area contributed by atoms with Gasteiger partial charge in [-0.3, -0.25) is 0 Å². The van der Waals surface area contributed by atoms with Crippen LogP contribution in [0.5, 0.6) is 0 Å². The van der Waals surface area contributed by atoms with Crippen molar-refractivity contribution in [1.82, 2.24) is 9.78 Å². The van der Waals surface area contributed by atoms with E-state index < -0.39 is 5.97 Å². The van der Waals surface area contributed by atoms with E-state index in [2.05, 4.69) is 5.10 Å². The third-order valence-corrected chi connectivity index (χ3v) is 3.09. The molecule has 2 aromatic rings. The maximum Gasteiger partial charge on any atom is 0.356 e. The molecule has 0 atom stereocenters. The molecule has 18 heavy (non-hydrogen) atoms. The van der Waals surface area contributed by atoms with E-state index in [1.54, 1.807) is 6.92 Å². The van der Waals surface area contributed by atoms with Crippen molar-refractivity contribution in [3.63, 3.8) is 0 Å². The van der Waals surface area contributed by atoms with Gasteiger partial charge in [0.05, 0.1) is 10.0 Å². The molecule has 1 aromatic carbocycles. The number of rotatable bonds is 2. The van der Waals surface area contributed by atoms with Gasteiger partial charge in [-0.15, -0.1) is 0 Å². The molecule has 0 aliphatic heterocycles. The summed E-state index contributed by atoms with van der Waals surface area (Å²) >= 11 is 17.9. The second-order valence-corrected chi connectivity index (χ2v) is 4.86. The Hall–Kier alpha value is -1.23.